The highest BCUT2D eigenvalue weighted by atomic mass is 28.4. The molecule has 0 aliphatic heterocycles. The number of ether oxygens (including phenoxy) is 2. The predicted molar refractivity (Wildman–Crippen MR) is 317 cm³/mol. The van der Waals surface area contributed by atoms with E-state index in [1.54, 1.807) is 11.9 Å². The van der Waals surface area contributed by atoms with E-state index in [1.165, 1.54) is 107 Å². The second kappa shape index (κ2) is 42.1. The van der Waals surface area contributed by atoms with E-state index in [0.29, 0.717) is 25.9 Å². The molecule has 0 heterocycles. The van der Waals surface area contributed by atoms with Crippen LogP contribution in [0, 0.1) is 11.8 Å². The molecular formula is C65H114N2O6Si. The summed E-state index contributed by atoms with van der Waals surface area (Å²) in [7, 11) is 1.37. The normalized spacial score (nSPS) is 13.2. The smallest absolute Gasteiger partial charge is 0.325 e. The van der Waals surface area contributed by atoms with Crippen LogP contribution in [0.1, 0.15) is 254 Å². The first-order chi connectivity index (χ1) is 35.9. The molecule has 0 aromatic heterocycles. The first kappa shape index (κ1) is 67.1. The minimum Gasteiger partial charge on any atom is -0.465 e. The maximum absolute atomic E-state index is 13.6. The van der Waals surface area contributed by atoms with Gasteiger partial charge in [0.25, 0.3) is 8.32 Å². The highest BCUT2D eigenvalue weighted by molar-refractivity contribution is 6.99. The van der Waals surface area contributed by atoms with Crippen molar-refractivity contribution >= 4 is 36.5 Å². The van der Waals surface area contributed by atoms with Crippen molar-refractivity contribution in [3.8, 4) is 0 Å². The van der Waals surface area contributed by atoms with Gasteiger partial charge in [-0.25, -0.2) is 0 Å². The molecule has 2 rings (SSSR count). The summed E-state index contributed by atoms with van der Waals surface area (Å²) in [6.45, 7) is 18.3. The van der Waals surface area contributed by atoms with Gasteiger partial charge in [0.05, 0.1) is 19.1 Å². The average molecular weight is 1050 g/mol. The third-order valence-electron chi connectivity index (χ3n) is 15.7. The van der Waals surface area contributed by atoms with E-state index in [0.717, 1.165) is 116 Å². The van der Waals surface area contributed by atoms with Crippen molar-refractivity contribution in [2.75, 3.05) is 47.0 Å². The van der Waals surface area contributed by atoms with Crippen LogP contribution in [0.25, 0.3) is 0 Å². The second-order valence-corrected chi connectivity index (χ2v) is 27.4. The van der Waals surface area contributed by atoms with Crippen LogP contribution in [0.4, 0.5) is 0 Å². The number of nitrogens with zero attached hydrogens (tertiary/aromatic N) is 2. The van der Waals surface area contributed by atoms with Crippen molar-refractivity contribution in [3.63, 3.8) is 0 Å². The lowest BCUT2D eigenvalue weighted by Gasteiger charge is -2.43. The number of esters is 2. The van der Waals surface area contributed by atoms with Crippen molar-refractivity contribution in [1.82, 2.24) is 9.80 Å². The van der Waals surface area contributed by atoms with Gasteiger partial charge in [-0.3, -0.25) is 14.4 Å². The third kappa shape index (κ3) is 27.9. The van der Waals surface area contributed by atoms with Gasteiger partial charge < -0.3 is 23.7 Å². The molecule has 3 atom stereocenters. The predicted octanol–water partition coefficient (Wildman–Crippen LogP) is 16.2. The number of benzene rings is 2. The van der Waals surface area contributed by atoms with Crippen LogP contribution in [-0.4, -0.2) is 89.0 Å². The number of likely N-dealkylation sites (N-methyl/N-ethyl adjacent to an activating group) is 2. The summed E-state index contributed by atoms with van der Waals surface area (Å²) in [6, 6.07) is 22.2. The van der Waals surface area contributed by atoms with Gasteiger partial charge in [-0.1, -0.05) is 263 Å². The van der Waals surface area contributed by atoms with Gasteiger partial charge in [-0.2, -0.15) is 0 Å². The molecule has 8 nitrogen and oxygen atoms in total. The summed E-state index contributed by atoms with van der Waals surface area (Å²) in [6.07, 6.45) is 35.8. The molecule has 0 radical (unpaired) electrons. The van der Waals surface area contributed by atoms with E-state index < -0.39 is 8.32 Å². The lowest BCUT2D eigenvalue weighted by Crippen LogP contribution is -2.67. The van der Waals surface area contributed by atoms with Gasteiger partial charge in [-0.05, 0) is 73.8 Å². The molecule has 2 aromatic rings. The number of hydrogen-bond donors (Lipinski definition) is 0. The fourth-order valence-corrected chi connectivity index (χ4v) is 15.6. The third-order valence-corrected chi connectivity index (χ3v) is 20.8. The van der Waals surface area contributed by atoms with E-state index in [4.69, 9.17) is 13.9 Å². The summed E-state index contributed by atoms with van der Waals surface area (Å²) < 4.78 is 19.1. The summed E-state index contributed by atoms with van der Waals surface area (Å²) in [5, 5.41) is 2.51. The van der Waals surface area contributed by atoms with E-state index in [1.807, 2.05) is 0 Å². The largest absolute Gasteiger partial charge is 0.465 e. The molecule has 0 bridgehead atoms. The van der Waals surface area contributed by atoms with Crippen molar-refractivity contribution in [1.29, 1.82) is 0 Å². The van der Waals surface area contributed by atoms with Crippen LogP contribution in [0.2, 0.25) is 5.04 Å². The maximum Gasteiger partial charge on any atom is 0.325 e. The summed E-state index contributed by atoms with van der Waals surface area (Å²) in [5.74, 6) is -0.154. The molecule has 74 heavy (non-hydrogen) atoms. The van der Waals surface area contributed by atoms with Crippen molar-refractivity contribution < 1.29 is 28.3 Å². The quantitative estimate of drug-likeness (QED) is 0.0371. The highest BCUT2D eigenvalue weighted by Gasteiger charge is 2.50. The summed E-state index contributed by atoms with van der Waals surface area (Å²) in [5.41, 5.74) is 0. The molecule has 9 heteroatoms. The van der Waals surface area contributed by atoms with Crippen molar-refractivity contribution in [3.05, 3.63) is 60.7 Å². The van der Waals surface area contributed by atoms with Crippen molar-refractivity contribution in [2.45, 2.75) is 265 Å². The zero-order valence-electron chi connectivity index (χ0n) is 49.5. The summed E-state index contributed by atoms with van der Waals surface area (Å²) in [4.78, 5) is 44.2. The number of carbonyl (C=O) groups excluding carboxylic acids is 3. The van der Waals surface area contributed by atoms with E-state index in [-0.39, 0.29) is 41.3 Å². The average Bonchev–Trinajstić information content (AvgIpc) is 3.39. The first-order valence-electron chi connectivity index (χ1n) is 30.9. The number of amides is 1. The molecule has 0 saturated carbocycles. The lowest BCUT2D eigenvalue weighted by molar-refractivity contribution is -0.150. The molecular weight excluding hydrogens is 933 g/mol. The van der Waals surface area contributed by atoms with Gasteiger partial charge >= 0.3 is 11.9 Å². The minimum atomic E-state index is -2.66. The van der Waals surface area contributed by atoms with Crippen LogP contribution in [0.5, 0.6) is 0 Å². The molecule has 0 spiro atoms. The zero-order valence-corrected chi connectivity index (χ0v) is 50.5. The molecule has 0 N–H and O–H groups in total. The molecule has 2 aromatic carbocycles. The van der Waals surface area contributed by atoms with Gasteiger partial charge in [0.2, 0.25) is 5.91 Å². The highest BCUT2D eigenvalue weighted by Crippen LogP contribution is 2.37. The monoisotopic (exact) mass is 1050 g/mol. The van der Waals surface area contributed by atoms with Crippen LogP contribution in [-0.2, 0) is 28.3 Å². The number of rotatable bonds is 47. The Balaban J connectivity index is 2.03. The Labute approximate surface area is 457 Å². The van der Waals surface area contributed by atoms with Crippen molar-refractivity contribution in [2.24, 2.45) is 11.8 Å². The molecule has 3 unspecified atom stereocenters. The molecule has 0 aliphatic rings. The SMILES string of the molecule is CCCCCCCCC(CCCCCC)C(=O)OCCCCCC(CCCCCOC(=O)CN(C)C(=O)C(CCCCCC)CCCCCCCC)N(C)CCO[Si](c1ccccc1)(c1ccccc1)C(C)(C)C. The number of hydrogen-bond acceptors (Lipinski definition) is 7. The fraction of sp³-hybridized carbons (Fsp3) is 0.769. The Hall–Kier alpha value is -3.01. The molecule has 0 fully saturated rings. The van der Waals surface area contributed by atoms with Gasteiger partial charge in [0, 0.05) is 32.2 Å². The molecule has 424 valence electrons. The van der Waals surface area contributed by atoms with Gasteiger partial charge in [0.1, 0.15) is 6.54 Å². The Bertz CT molecular complexity index is 1630. The van der Waals surface area contributed by atoms with Crippen LogP contribution >= 0.6 is 0 Å². The van der Waals surface area contributed by atoms with E-state index >= 15 is 0 Å². The summed E-state index contributed by atoms with van der Waals surface area (Å²) >= 11 is 0. The lowest BCUT2D eigenvalue weighted by atomic mass is 9.93. The Morgan fingerprint density at radius 3 is 1.30 bits per heavy atom. The van der Waals surface area contributed by atoms with Gasteiger partial charge in [0.15, 0.2) is 0 Å². The van der Waals surface area contributed by atoms with E-state index in [9.17, 15) is 14.4 Å². The second-order valence-electron chi connectivity index (χ2n) is 23.1. The molecule has 0 saturated heterocycles. The Kier molecular flexibility index (Phi) is 38.1. The van der Waals surface area contributed by atoms with E-state index in [2.05, 4.69) is 121 Å². The first-order valence-corrected chi connectivity index (χ1v) is 32.8. The molecule has 1 amide bonds. The standard InChI is InChI=1S/C65H114N2O6Si/c1-10-14-18-22-24-32-43-57(42-30-20-16-12-3)63(69)67(9)56-62(68)71-53-40-28-34-46-59(47-35-29-41-54-72-64(70)58(44-31-21-17-13-4)45-33-25-23-19-15-11-2)66(8)52-55-73-74(65(5,6)7,60-48-36-26-37-49-60)61-50-38-27-39-51-61/h26-27,36-39,48-51,57-59H,10-25,28-35,40-47,52-56H2,1-9H3. The fourth-order valence-electron chi connectivity index (χ4n) is 11.0. The Morgan fingerprint density at radius 2 is 0.851 bits per heavy atom. The topological polar surface area (TPSA) is 85.4 Å². The number of unbranched alkanes of at least 4 members (excludes halogenated alkanes) is 20. The van der Waals surface area contributed by atoms with Gasteiger partial charge in [-0.15, -0.1) is 0 Å². The van der Waals surface area contributed by atoms with Crippen LogP contribution in [0.3, 0.4) is 0 Å². The zero-order chi connectivity index (χ0) is 54.1. The number of carbonyl (C=O) groups is 3. The van der Waals surface area contributed by atoms with Crippen LogP contribution < -0.4 is 10.4 Å². The Morgan fingerprint density at radius 1 is 0.473 bits per heavy atom. The molecule has 0 aliphatic carbocycles. The minimum absolute atomic E-state index is 0.0101. The maximum atomic E-state index is 13.6. The van der Waals surface area contributed by atoms with Crippen LogP contribution in [0.15, 0.2) is 60.7 Å².